The number of rotatable bonds is 6. The number of carbonyl (C=O) groups excluding carboxylic acids is 2. The molecule has 1 aliphatic rings. The van der Waals surface area contributed by atoms with E-state index in [4.69, 9.17) is 4.74 Å². The average Bonchev–Trinajstić information content (AvgIpc) is 3.39. The largest absolute Gasteiger partial charge is 0.494 e. The molecule has 6 heteroatoms. The predicted octanol–water partition coefficient (Wildman–Crippen LogP) is 2.91. The number of nitrogens with one attached hydrogen (secondary N) is 2. The van der Waals surface area contributed by atoms with Gasteiger partial charge in [-0.25, -0.2) is 4.39 Å². The summed E-state index contributed by atoms with van der Waals surface area (Å²) in [4.78, 5) is 24.0. The van der Waals surface area contributed by atoms with Gasteiger partial charge in [0, 0.05) is 17.3 Å². The topological polar surface area (TPSA) is 67.4 Å². The molecule has 0 heterocycles. The molecule has 130 valence electrons. The molecule has 0 unspecified atom stereocenters. The van der Waals surface area contributed by atoms with E-state index in [0.29, 0.717) is 22.9 Å². The summed E-state index contributed by atoms with van der Waals surface area (Å²) in [5.41, 5.74) is 1.69. The minimum atomic E-state index is -0.501. The summed E-state index contributed by atoms with van der Waals surface area (Å²) in [5, 5.41) is 5.64. The van der Waals surface area contributed by atoms with Crippen molar-refractivity contribution in [2.45, 2.75) is 25.3 Å². The van der Waals surface area contributed by atoms with Crippen LogP contribution in [0.15, 0.2) is 42.5 Å². The molecule has 2 aromatic carbocycles. The third-order valence-corrected chi connectivity index (χ3v) is 3.92. The Morgan fingerprint density at radius 3 is 2.48 bits per heavy atom. The Balaban J connectivity index is 1.57. The van der Waals surface area contributed by atoms with Gasteiger partial charge in [0.1, 0.15) is 0 Å². The minimum Gasteiger partial charge on any atom is -0.494 e. The van der Waals surface area contributed by atoms with Gasteiger partial charge in [-0.1, -0.05) is 6.07 Å². The van der Waals surface area contributed by atoms with E-state index >= 15 is 0 Å². The molecule has 1 saturated carbocycles. The van der Waals surface area contributed by atoms with Gasteiger partial charge in [-0.15, -0.1) is 0 Å². The van der Waals surface area contributed by atoms with Crippen LogP contribution < -0.4 is 15.4 Å². The van der Waals surface area contributed by atoms with Crippen LogP contribution in [-0.2, 0) is 11.2 Å². The van der Waals surface area contributed by atoms with Gasteiger partial charge in [0.05, 0.1) is 13.5 Å². The van der Waals surface area contributed by atoms with Crippen LogP contribution in [0, 0.1) is 5.82 Å². The van der Waals surface area contributed by atoms with Gasteiger partial charge in [0.15, 0.2) is 11.6 Å². The van der Waals surface area contributed by atoms with Gasteiger partial charge in [-0.05, 0) is 54.8 Å². The van der Waals surface area contributed by atoms with Crippen molar-refractivity contribution in [1.82, 2.24) is 5.32 Å². The molecular formula is C19H19FN2O3. The predicted molar refractivity (Wildman–Crippen MR) is 92.2 cm³/mol. The zero-order valence-electron chi connectivity index (χ0n) is 13.8. The van der Waals surface area contributed by atoms with Gasteiger partial charge < -0.3 is 15.4 Å². The summed E-state index contributed by atoms with van der Waals surface area (Å²) in [7, 11) is 1.39. The third kappa shape index (κ3) is 4.56. The van der Waals surface area contributed by atoms with E-state index in [2.05, 4.69) is 10.6 Å². The Kier molecular flexibility index (Phi) is 4.97. The monoisotopic (exact) mass is 342 g/mol. The van der Waals surface area contributed by atoms with Crippen LogP contribution in [0.5, 0.6) is 5.75 Å². The van der Waals surface area contributed by atoms with Crippen LogP contribution in [-0.4, -0.2) is 25.0 Å². The highest BCUT2D eigenvalue weighted by molar-refractivity contribution is 5.96. The highest BCUT2D eigenvalue weighted by Gasteiger charge is 2.23. The quantitative estimate of drug-likeness (QED) is 0.848. The molecule has 0 aromatic heterocycles. The second kappa shape index (κ2) is 7.34. The number of methoxy groups -OCH3 is 1. The first-order valence-corrected chi connectivity index (χ1v) is 8.08. The fourth-order valence-electron chi connectivity index (χ4n) is 2.41. The number of carbonyl (C=O) groups is 2. The number of ether oxygens (including phenoxy) is 1. The lowest BCUT2D eigenvalue weighted by atomic mass is 10.1. The van der Waals surface area contributed by atoms with E-state index in [1.807, 2.05) is 0 Å². The van der Waals surface area contributed by atoms with E-state index in [9.17, 15) is 14.0 Å². The second-order valence-electron chi connectivity index (χ2n) is 6.02. The molecule has 2 amide bonds. The SMILES string of the molecule is COc1ccc(CC(=O)Nc2ccc(C(=O)NC3CC3)cc2)cc1F. The molecule has 3 rings (SSSR count). The molecule has 0 radical (unpaired) electrons. The van der Waals surface area contributed by atoms with Crippen LogP contribution in [0.2, 0.25) is 0 Å². The standard InChI is InChI=1S/C19H19FN2O3/c1-25-17-9-2-12(10-16(17)20)11-18(23)21-14-5-3-13(4-6-14)19(24)22-15-7-8-15/h2-6,9-10,15H,7-8,11H2,1H3,(H,21,23)(H,22,24). The molecule has 0 saturated heterocycles. The van der Waals surface area contributed by atoms with Crippen molar-refractivity contribution in [2.24, 2.45) is 0 Å². The maximum atomic E-state index is 13.6. The normalized spacial score (nSPS) is 13.2. The number of halogens is 1. The average molecular weight is 342 g/mol. The fraction of sp³-hybridized carbons (Fsp3) is 0.263. The van der Waals surface area contributed by atoms with Crippen LogP contribution in [0.4, 0.5) is 10.1 Å². The van der Waals surface area contributed by atoms with E-state index in [1.165, 1.54) is 19.2 Å². The molecule has 0 atom stereocenters. The lowest BCUT2D eigenvalue weighted by molar-refractivity contribution is -0.115. The van der Waals surface area contributed by atoms with Gasteiger partial charge >= 0.3 is 0 Å². The Bertz CT molecular complexity index is 786. The van der Waals surface area contributed by atoms with Crippen molar-refractivity contribution in [3.63, 3.8) is 0 Å². The lowest BCUT2D eigenvalue weighted by Crippen LogP contribution is -2.25. The summed E-state index contributed by atoms with van der Waals surface area (Å²) >= 11 is 0. The van der Waals surface area contributed by atoms with Crippen molar-refractivity contribution < 1.29 is 18.7 Å². The summed E-state index contributed by atoms with van der Waals surface area (Å²) in [6.45, 7) is 0. The van der Waals surface area contributed by atoms with Gasteiger partial charge in [0.2, 0.25) is 5.91 Å². The van der Waals surface area contributed by atoms with Crippen LogP contribution in [0.25, 0.3) is 0 Å². The third-order valence-electron chi connectivity index (χ3n) is 3.92. The fourth-order valence-corrected chi connectivity index (χ4v) is 2.41. The Hall–Kier alpha value is -2.89. The first-order chi connectivity index (χ1) is 12.0. The number of benzene rings is 2. The van der Waals surface area contributed by atoms with Crippen molar-refractivity contribution in [3.05, 3.63) is 59.4 Å². The molecule has 1 fully saturated rings. The Labute approximate surface area is 145 Å². The Morgan fingerprint density at radius 2 is 1.88 bits per heavy atom. The van der Waals surface area contributed by atoms with Crippen LogP contribution in [0.3, 0.4) is 0 Å². The number of amides is 2. The van der Waals surface area contributed by atoms with Crippen molar-refractivity contribution in [2.75, 3.05) is 12.4 Å². The molecule has 0 bridgehead atoms. The maximum Gasteiger partial charge on any atom is 0.251 e. The van der Waals surface area contributed by atoms with E-state index in [-0.39, 0.29) is 24.0 Å². The van der Waals surface area contributed by atoms with Crippen LogP contribution in [0.1, 0.15) is 28.8 Å². The lowest BCUT2D eigenvalue weighted by Gasteiger charge is -2.08. The summed E-state index contributed by atoms with van der Waals surface area (Å²) in [6, 6.07) is 11.4. The van der Waals surface area contributed by atoms with E-state index in [0.717, 1.165) is 12.8 Å². The van der Waals surface area contributed by atoms with Crippen molar-refractivity contribution in [1.29, 1.82) is 0 Å². The van der Waals surface area contributed by atoms with E-state index < -0.39 is 5.82 Å². The Morgan fingerprint density at radius 1 is 1.16 bits per heavy atom. The highest BCUT2D eigenvalue weighted by atomic mass is 19.1. The number of hydrogen-bond acceptors (Lipinski definition) is 3. The summed E-state index contributed by atoms with van der Waals surface area (Å²) < 4.78 is 18.5. The highest BCUT2D eigenvalue weighted by Crippen LogP contribution is 2.20. The molecule has 2 N–H and O–H groups in total. The molecular weight excluding hydrogens is 323 g/mol. The smallest absolute Gasteiger partial charge is 0.251 e. The molecule has 2 aromatic rings. The maximum absolute atomic E-state index is 13.6. The number of hydrogen-bond donors (Lipinski definition) is 2. The molecule has 25 heavy (non-hydrogen) atoms. The van der Waals surface area contributed by atoms with Crippen molar-refractivity contribution >= 4 is 17.5 Å². The first kappa shape index (κ1) is 17.0. The van der Waals surface area contributed by atoms with Crippen molar-refractivity contribution in [3.8, 4) is 5.75 Å². The molecule has 0 aliphatic heterocycles. The molecule has 1 aliphatic carbocycles. The first-order valence-electron chi connectivity index (χ1n) is 8.08. The van der Waals surface area contributed by atoms with Gasteiger partial charge in [-0.2, -0.15) is 0 Å². The molecule has 0 spiro atoms. The van der Waals surface area contributed by atoms with Gasteiger partial charge in [0.25, 0.3) is 5.91 Å². The second-order valence-corrected chi connectivity index (χ2v) is 6.02. The molecule has 5 nitrogen and oxygen atoms in total. The number of anilines is 1. The summed E-state index contributed by atoms with van der Waals surface area (Å²) in [5.74, 6) is -0.725. The minimum absolute atomic E-state index is 0.0465. The van der Waals surface area contributed by atoms with Crippen LogP contribution >= 0.6 is 0 Å². The van der Waals surface area contributed by atoms with E-state index in [1.54, 1.807) is 30.3 Å². The summed E-state index contributed by atoms with van der Waals surface area (Å²) in [6.07, 6.45) is 2.11. The zero-order valence-corrected chi connectivity index (χ0v) is 13.8. The van der Waals surface area contributed by atoms with Gasteiger partial charge in [-0.3, -0.25) is 9.59 Å². The zero-order chi connectivity index (χ0) is 17.8.